The van der Waals surface area contributed by atoms with Crippen LogP contribution in [0.2, 0.25) is 0 Å². The molecular weight excluding hydrogens is 334 g/mol. The SMILES string of the molecule is CC(C)[C@H]1CC[C@@H](C)C[C@H]1OC[C@@H](O)C[N+]1(Cc2ccccc2)CCCC1. The molecule has 3 heteroatoms. The van der Waals surface area contributed by atoms with Gasteiger partial charge in [0, 0.05) is 18.4 Å². The molecule has 1 saturated heterocycles. The second-order valence-corrected chi connectivity index (χ2v) is 9.67. The number of benzene rings is 1. The van der Waals surface area contributed by atoms with Crippen LogP contribution in [0, 0.1) is 17.8 Å². The van der Waals surface area contributed by atoms with Crippen molar-refractivity contribution in [2.24, 2.45) is 17.8 Å². The first-order chi connectivity index (χ1) is 13.0. The first kappa shape index (κ1) is 20.8. The number of quaternary nitrogens is 1. The molecule has 27 heavy (non-hydrogen) atoms. The maximum atomic E-state index is 10.8. The van der Waals surface area contributed by atoms with Crippen LogP contribution < -0.4 is 0 Å². The molecule has 3 nitrogen and oxygen atoms in total. The third kappa shape index (κ3) is 5.79. The van der Waals surface area contributed by atoms with E-state index < -0.39 is 0 Å². The lowest BCUT2D eigenvalue weighted by Crippen LogP contribution is -2.50. The molecule has 1 aromatic carbocycles. The molecule has 0 radical (unpaired) electrons. The Morgan fingerprint density at radius 2 is 1.81 bits per heavy atom. The molecular formula is C24H40NO2+. The van der Waals surface area contributed by atoms with Crippen LogP contribution in [0.15, 0.2) is 30.3 Å². The van der Waals surface area contributed by atoms with E-state index in [1.165, 1.54) is 44.3 Å². The number of hydrogen-bond acceptors (Lipinski definition) is 2. The summed E-state index contributed by atoms with van der Waals surface area (Å²) in [5.41, 5.74) is 1.38. The highest BCUT2D eigenvalue weighted by atomic mass is 16.5. The fourth-order valence-corrected chi connectivity index (χ4v) is 5.42. The summed E-state index contributed by atoms with van der Waals surface area (Å²) >= 11 is 0. The number of rotatable bonds is 8. The summed E-state index contributed by atoms with van der Waals surface area (Å²) in [5, 5.41) is 10.8. The summed E-state index contributed by atoms with van der Waals surface area (Å²) in [5.74, 6) is 2.06. The lowest BCUT2D eigenvalue weighted by molar-refractivity contribution is -0.932. The minimum atomic E-state index is -0.364. The molecule has 0 unspecified atom stereocenters. The summed E-state index contributed by atoms with van der Waals surface area (Å²) in [6.07, 6.45) is 6.25. The Hall–Kier alpha value is -0.900. The number of hydrogen-bond donors (Lipinski definition) is 1. The predicted molar refractivity (Wildman–Crippen MR) is 111 cm³/mol. The van der Waals surface area contributed by atoms with Crippen LogP contribution >= 0.6 is 0 Å². The van der Waals surface area contributed by atoms with Crippen LogP contribution in [0.5, 0.6) is 0 Å². The Balaban J connectivity index is 1.55. The molecule has 0 aromatic heterocycles. The normalized spacial score (nSPS) is 29.1. The van der Waals surface area contributed by atoms with Crippen molar-refractivity contribution >= 4 is 0 Å². The number of aliphatic hydroxyl groups is 1. The number of ether oxygens (including phenoxy) is 1. The second kappa shape index (κ2) is 9.54. The molecule has 3 rings (SSSR count). The van der Waals surface area contributed by atoms with E-state index in [-0.39, 0.29) is 6.10 Å². The molecule has 1 aromatic rings. The van der Waals surface area contributed by atoms with Gasteiger partial charge in [-0.2, -0.15) is 0 Å². The molecule has 1 aliphatic carbocycles. The zero-order valence-corrected chi connectivity index (χ0v) is 17.6. The van der Waals surface area contributed by atoms with Crippen LogP contribution in [0.3, 0.4) is 0 Å². The van der Waals surface area contributed by atoms with Gasteiger partial charge >= 0.3 is 0 Å². The predicted octanol–water partition coefficient (Wildman–Crippen LogP) is 4.64. The Bertz CT molecular complexity index is 553. The molecule has 4 atom stereocenters. The highest BCUT2D eigenvalue weighted by Gasteiger charge is 2.36. The standard InChI is InChI=1S/C24H40NO2/c1-19(2)23-12-11-20(3)15-24(23)27-18-22(26)17-25(13-7-8-14-25)16-21-9-5-4-6-10-21/h4-6,9-10,19-20,22-24,26H,7-8,11-18H2,1-3H3/q+1/t20-,22+,23-,24-/m1/s1. The Morgan fingerprint density at radius 3 is 2.48 bits per heavy atom. The van der Waals surface area contributed by atoms with Gasteiger partial charge in [0.25, 0.3) is 0 Å². The summed E-state index contributed by atoms with van der Waals surface area (Å²) in [4.78, 5) is 0. The van der Waals surface area contributed by atoms with Gasteiger partial charge in [-0.05, 0) is 30.6 Å². The molecule has 1 aliphatic heterocycles. The van der Waals surface area contributed by atoms with Crippen LogP contribution in [-0.4, -0.2) is 48.0 Å². The largest absolute Gasteiger partial charge is 0.385 e. The minimum Gasteiger partial charge on any atom is -0.385 e. The number of nitrogens with zero attached hydrogens (tertiary/aromatic N) is 1. The number of aliphatic hydroxyl groups excluding tert-OH is 1. The van der Waals surface area contributed by atoms with E-state index in [4.69, 9.17) is 4.74 Å². The number of likely N-dealkylation sites (tertiary alicyclic amines) is 1. The lowest BCUT2D eigenvalue weighted by Gasteiger charge is -2.39. The van der Waals surface area contributed by atoms with E-state index in [0.717, 1.165) is 29.9 Å². The lowest BCUT2D eigenvalue weighted by atomic mass is 9.75. The van der Waals surface area contributed by atoms with Crippen molar-refractivity contribution in [3.63, 3.8) is 0 Å². The maximum Gasteiger partial charge on any atom is 0.126 e. The van der Waals surface area contributed by atoms with Crippen LogP contribution in [0.25, 0.3) is 0 Å². The van der Waals surface area contributed by atoms with E-state index >= 15 is 0 Å². The van der Waals surface area contributed by atoms with E-state index in [0.29, 0.717) is 24.5 Å². The minimum absolute atomic E-state index is 0.324. The van der Waals surface area contributed by atoms with Crippen molar-refractivity contribution in [3.05, 3.63) is 35.9 Å². The van der Waals surface area contributed by atoms with Crippen LogP contribution in [0.1, 0.15) is 58.4 Å². The van der Waals surface area contributed by atoms with E-state index in [9.17, 15) is 5.11 Å². The smallest absolute Gasteiger partial charge is 0.126 e. The first-order valence-corrected chi connectivity index (χ1v) is 11.2. The van der Waals surface area contributed by atoms with E-state index in [1.54, 1.807) is 0 Å². The van der Waals surface area contributed by atoms with Crippen LogP contribution in [0.4, 0.5) is 0 Å². The fourth-order valence-electron chi connectivity index (χ4n) is 5.42. The average molecular weight is 375 g/mol. The monoisotopic (exact) mass is 374 g/mol. The van der Waals surface area contributed by atoms with Gasteiger partial charge < -0.3 is 14.3 Å². The summed E-state index contributed by atoms with van der Waals surface area (Å²) < 4.78 is 7.35. The van der Waals surface area contributed by atoms with E-state index in [1.807, 2.05) is 0 Å². The highest BCUT2D eigenvalue weighted by molar-refractivity contribution is 5.13. The maximum absolute atomic E-state index is 10.8. The molecule has 0 amide bonds. The Labute approximate surface area is 166 Å². The van der Waals surface area contributed by atoms with Crippen molar-refractivity contribution in [2.45, 2.75) is 71.6 Å². The van der Waals surface area contributed by atoms with Gasteiger partial charge in [-0.1, -0.05) is 57.5 Å². The molecule has 0 spiro atoms. The van der Waals surface area contributed by atoms with E-state index in [2.05, 4.69) is 51.1 Å². The molecule has 152 valence electrons. The van der Waals surface area contributed by atoms with Crippen molar-refractivity contribution in [1.29, 1.82) is 0 Å². The van der Waals surface area contributed by atoms with Gasteiger partial charge in [-0.25, -0.2) is 0 Å². The summed E-state index contributed by atoms with van der Waals surface area (Å²) in [6, 6.07) is 10.8. The summed E-state index contributed by atoms with van der Waals surface area (Å²) in [6.45, 7) is 11.7. The first-order valence-electron chi connectivity index (χ1n) is 11.2. The summed E-state index contributed by atoms with van der Waals surface area (Å²) in [7, 11) is 0. The van der Waals surface area contributed by atoms with Gasteiger partial charge in [0.15, 0.2) is 0 Å². The highest BCUT2D eigenvalue weighted by Crippen LogP contribution is 2.35. The zero-order valence-electron chi connectivity index (χ0n) is 17.6. The van der Waals surface area contributed by atoms with Crippen molar-refractivity contribution in [2.75, 3.05) is 26.2 Å². The Morgan fingerprint density at radius 1 is 1.11 bits per heavy atom. The third-order valence-corrected chi connectivity index (χ3v) is 6.94. The van der Waals surface area contributed by atoms with Crippen molar-refractivity contribution < 1.29 is 14.3 Å². The quantitative estimate of drug-likeness (QED) is 0.672. The van der Waals surface area contributed by atoms with Gasteiger partial charge in [0.1, 0.15) is 19.2 Å². The van der Waals surface area contributed by atoms with Gasteiger partial charge in [-0.15, -0.1) is 0 Å². The average Bonchev–Trinajstić information content (AvgIpc) is 3.08. The molecule has 2 aliphatic rings. The molecule has 1 heterocycles. The molecule has 1 N–H and O–H groups in total. The third-order valence-electron chi connectivity index (χ3n) is 6.94. The molecule has 0 bridgehead atoms. The van der Waals surface area contributed by atoms with Crippen LogP contribution in [-0.2, 0) is 11.3 Å². The van der Waals surface area contributed by atoms with Gasteiger partial charge in [0.05, 0.1) is 25.8 Å². The van der Waals surface area contributed by atoms with Crippen molar-refractivity contribution in [1.82, 2.24) is 0 Å². The topological polar surface area (TPSA) is 29.5 Å². The van der Waals surface area contributed by atoms with Gasteiger partial charge in [0.2, 0.25) is 0 Å². The molecule has 1 saturated carbocycles. The molecule has 2 fully saturated rings. The van der Waals surface area contributed by atoms with Crippen molar-refractivity contribution in [3.8, 4) is 0 Å². The van der Waals surface area contributed by atoms with Gasteiger partial charge in [-0.3, -0.25) is 0 Å². The Kier molecular flexibility index (Phi) is 7.35. The second-order valence-electron chi connectivity index (χ2n) is 9.67. The zero-order chi connectivity index (χ0) is 19.3. The fraction of sp³-hybridized carbons (Fsp3) is 0.750.